The second kappa shape index (κ2) is 17.4. The van der Waals surface area contributed by atoms with Gasteiger partial charge in [0.1, 0.15) is 11.2 Å². The highest BCUT2D eigenvalue weighted by molar-refractivity contribution is 6.52. The third kappa shape index (κ3) is 6.98. The van der Waals surface area contributed by atoms with Gasteiger partial charge < -0.3 is 9.31 Å². The lowest BCUT2D eigenvalue weighted by molar-refractivity contribution is 0.0439. The molecule has 0 aliphatic heterocycles. The van der Waals surface area contributed by atoms with E-state index in [4.69, 9.17) is 9.31 Å². The summed E-state index contributed by atoms with van der Waals surface area (Å²) >= 11 is 0. The minimum Gasteiger partial charge on any atom is -0.392 e. The van der Waals surface area contributed by atoms with Crippen molar-refractivity contribution in [2.24, 2.45) is 0 Å². The summed E-state index contributed by atoms with van der Waals surface area (Å²) in [6.45, 7) is 0. The summed E-state index contributed by atoms with van der Waals surface area (Å²) in [6, 6.07) is 95.7. The van der Waals surface area contributed by atoms with Crippen LogP contribution >= 0.6 is 0 Å². The average molecular weight is 773 g/mol. The molecule has 0 heterocycles. The minimum absolute atomic E-state index is 0.976. The molecule has 2 nitrogen and oxygen atoms in total. The molecule has 3 heteroatoms. The Morgan fingerprint density at radius 1 is 0.200 bits per heavy atom. The SMILES string of the molecule is c1ccc(C(OB(OC(c2ccccc2)(c2ccccc2)c2ccccc2)C(c2ccccc2)(c2ccccc2)c2ccccc2)(c2ccccc2)c2ccccc2)cc1. The van der Waals surface area contributed by atoms with Gasteiger partial charge in [-0.3, -0.25) is 0 Å². The van der Waals surface area contributed by atoms with Crippen LogP contribution in [0.25, 0.3) is 0 Å². The van der Waals surface area contributed by atoms with Crippen LogP contribution in [0.2, 0.25) is 0 Å². The van der Waals surface area contributed by atoms with E-state index in [1.165, 1.54) is 0 Å². The van der Waals surface area contributed by atoms with Crippen LogP contribution < -0.4 is 0 Å². The Morgan fingerprint density at radius 3 is 0.517 bits per heavy atom. The normalized spacial score (nSPS) is 11.8. The van der Waals surface area contributed by atoms with Gasteiger partial charge in [0.05, 0.1) is 5.31 Å². The fourth-order valence-corrected chi connectivity index (χ4v) is 8.98. The lowest BCUT2D eigenvalue weighted by atomic mass is 9.46. The van der Waals surface area contributed by atoms with Crippen molar-refractivity contribution in [1.82, 2.24) is 0 Å². The number of benzene rings is 9. The van der Waals surface area contributed by atoms with Gasteiger partial charge in [-0.2, -0.15) is 0 Å². The van der Waals surface area contributed by atoms with Gasteiger partial charge in [-0.1, -0.05) is 273 Å². The first-order valence-electron chi connectivity index (χ1n) is 20.6. The smallest absolute Gasteiger partial charge is 0.392 e. The molecule has 0 radical (unpaired) electrons. The highest BCUT2D eigenvalue weighted by Crippen LogP contribution is 2.52. The van der Waals surface area contributed by atoms with Crippen molar-refractivity contribution in [3.8, 4) is 0 Å². The Labute approximate surface area is 354 Å². The third-order valence-corrected chi connectivity index (χ3v) is 11.7. The average Bonchev–Trinajstić information content (AvgIpc) is 3.35. The first-order chi connectivity index (χ1) is 29.8. The molecule has 0 amide bonds. The van der Waals surface area contributed by atoms with Gasteiger partial charge in [-0.05, 0) is 50.1 Å². The maximum absolute atomic E-state index is 8.42. The second-order valence-electron chi connectivity index (χ2n) is 15.0. The van der Waals surface area contributed by atoms with Crippen molar-refractivity contribution < 1.29 is 9.31 Å². The van der Waals surface area contributed by atoms with E-state index in [-0.39, 0.29) is 0 Å². The van der Waals surface area contributed by atoms with Crippen molar-refractivity contribution in [2.45, 2.75) is 16.5 Å². The first-order valence-corrected chi connectivity index (χ1v) is 20.6. The highest BCUT2D eigenvalue weighted by atomic mass is 16.6. The van der Waals surface area contributed by atoms with E-state index in [2.05, 4.69) is 273 Å². The van der Waals surface area contributed by atoms with Gasteiger partial charge in [0.25, 0.3) is 0 Å². The Bertz CT molecular complexity index is 2250. The summed E-state index contributed by atoms with van der Waals surface area (Å²) in [5.41, 5.74) is 6.59. The lowest BCUT2D eigenvalue weighted by Crippen LogP contribution is -2.57. The standard InChI is InChI=1S/C57H45BO2/c1-10-28-46(29-11-1)55(47-30-12-2-13-31-47,48-32-14-3-15-33-48)58(59-56(49-34-16-4-17-35-49,50-36-18-5-19-37-50)51-38-20-6-21-39-51)60-57(52-40-22-7-23-41-52,53-42-24-8-25-43-53)54-44-26-9-27-45-54/h1-45H. The summed E-state index contributed by atoms with van der Waals surface area (Å²) in [5.74, 6) is 0. The molecule has 9 aromatic rings. The van der Waals surface area contributed by atoms with E-state index in [9.17, 15) is 0 Å². The topological polar surface area (TPSA) is 18.5 Å². The van der Waals surface area contributed by atoms with E-state index in [0.717, 1.165) is 50.1 Å². The largest absolute Gasteiger partial charge is 0.480 e. The molecule has 288 valence electrons. The van der Waals surface area contributed by atoms with E-state index >= 15 is 0 Å². The molecule has 0 saturated heterocycles. The molecule has 0 aliphatic rings. The zero-order valence-corrected chi connectivity index (χ0v) is 33.4. The number of hydrogen-bond donors (Lipinski definition) is 0. The molecule has 0 bridgehead atoms. The van der Waals surface area contributed by atoms with Crippen molar-refractivity contribution in [2.75, 3.05) is 0 Å². The summed E-state index contributed by atoms with van der Waals surface area (Å²) < 4.78 is 16.8. The molecule has 0 aliphatic carbocycles. The Hall–Kier alpha value is -7.04. The van der Waals surface area contributed by atoms with Gasteiger partial charge in [0, 0.05) is 0 Å². The zero-order valence-electron chi connectivity index (χ0n) is 33.4. The number of rotatable bonds is 14. The van der Waals surface area contributed by atoms with E-state index < -0.39 is 23.6 Å². The Morgan fingerprint density at radius 2 is 0.350 bits per heavy atom. The molecule has 0 unspecified atom stereocenters. The molecule has 0 N–H and O–H groups in total. The van der Waals surface area contributed by atoms with Gasteiger partial charge in [0.15, 0.2) is 0 Å². The summed E-state index contributed by atoms with van der Waals surface area (Å²) in [6.07, 6.45) is 0. The van der Waals surface area contributed by atoms with Gasteiger partial charge in [-0.15, -0.1) is 0 Å². The second-order valence-corrected chi connectivity index (χ2v) is 15.0. The molecular formula is C57H45BO2. The van der Waals surface area contributed by atoms with Crippen LogP contribution in [0.5, 0.6) is 0 Å². The van der Waals surface area contributed by atoms with Gasteiger partial charge in [0.2, 0.25) is 0 Å². The molecule has 0 atom stereocenters. The van der Waals surface area contributed by atoms with E-state index in [1.54, 1.807) is 0 Å². The molecule has 9 rings (SSSR count). The molecule has 60 heavy (non-hydrogen) atoms. The van der Waals surface area contributed by atoms with Crippen LogP contribution in [0, 0.1) is 0 Å². The van der Waals surface area contributed by atoms with Crippen LogP contribution in [-0.2, 0) is 25.8 Å². The van der Waals surface area contributed by atoms with E-state index in [0.29, 0.717) is 0 Å². The molecular weight excluding hydrogens is 727 g/mol. The molecule has 0 aromatic heterocycles. The van der Waals surface area contributed by atoms with Crippen LogP contribution in [0.4, 0.5) is 0 Å². The predicted octanol–water partition coefficient (Wildman–Crippen LogP) is 13.1. The van der Waals surface area contributed by atoms with Crippen molar-refractivity contribution in [3.63, 3.8) is 0 Å². The van der Waals surface area contributed by atoms with Gasteiger partial charge >= 0.3 is 7.12 Å². The molecule has 0 saturated carbocycles. The predicted molar refractivity (Wildman–Crippen MR) is 246 cm³/mol. The summed E-state index contributed by atoms with van der Waals surface area (Å²) in [7, 11) is -1.04. The lowest BCUT2D eigenvalue weighted by Gasteiger charge is -2.48. The van der Waals surface area contributed by atoms with Gasteiger partial charge in [-0.25, -0.2) is 0 Å². The maximum Gasteiger partial charge on any atom is 0.480 e. The Kier molecular flexibility index (Phi) is 11.2. The zero-order chi connectivity index (χ0) is 40.5. The Balaban J connectivity index is 1.47. The van der Waals surface area contributed by atoms with Crippen LogP contribution in [-0.4, -0.2) is 7.12 Å². The maximum atomic E-state index is 8.42. The fraction of sp³-hybridized carbons (Fsp3) is 0.0526. The quantitative estimate of drug-likeness (QED) is 0.0809. The van der Waals surface area contributed by atoms with Crippen LogP contribution in [0.1, 0.15) is 50.1 Å². The summed E-state index contributed by atoms with van der Waals surface area (Å²) in [5, 5.41) is -1.06. The first kappa shape index (κ1) is 38.5. The fourth-order valence-electron chi connectivity index (χ4n) is 8.98. The monoisotopic (exact) mass is 772 g/mol. The summed E-state index contributed by atoms with van der Waals surface area (Å²) in [4.78, 5) is 0. The van der Waals surface area contributed by atoms with Crippen molar-refractivity contribution >= 4 is 7.12 Å². The van der Waals surface area contributed by atoms with Crippen LogP contribution in [0.3, 0.4) is 0 Å². The molecule has 0 fully saturated rings. The third-order valence-electron chi connectivity index (χ3n) is 11.7. The van der Waals surface area contributed by atoms with Crippen molar-refractivity contribution in [1.29, 1.82) is 0 Å². The molecule has 0 spiro atoms. The van der Waals surface area contributed by atoms with E-state index in [1.807, 2.05) is 0 Å². The van der Waals surface area contributed by atoms with Crippen LogP contribution in [0.15, 0.2) is 273 Å². The highest BCUT2D eigenvalue weighted by Gasteiger charge is 2.58. The minimum atomic E-state index is -1.17. The van der Waals surface area contributed by atoms with Crippen molar-refractivity contribution in [3.05, 3.63) is 323 Å². The molecule has 9 aromatic carbocycles. The number of hydrogen-bond acceptors (Lipinski definition) is 2.